The van der Waals surface area contributed by atoms with E-state index < -0.39 is 5.60 Å². The lowest BCUT2D eigenvalue weighted by Gasteiger charge is -2.33. The summed E-state index contributed by atoms with van der Waals surface area (Å²) in [5.74, 6) is 0.734. The lowest BCUT2D eigenvalue weighted by molar-refractivity contribution is -0.138. The Morgan fingerprint density at radius 2 is 2.09 bits per heavy atom. The maximum absolute atomic E-state index is 12.4. The van der Waals surface area contributed by atoms with E-state index >= 15 is 0 Å². The molecule has 1 N–H and O–H groups in total. The first kappa shape index (κ1) is 15.3. The average Bonchev–Trinajstić information content (AvgIpc) is 3.12. The molecule has 0 aromatic heterocycles. The Morgan fingerprint density at radius 3 is 2.86 bits per heavy atom. The molecule has 0 radical (unpaired) electrons. The first-order valence-corrected chi connectivity index (χ1v) is 8.21. The summed E-state index contributed by atoms with van der Waals surface area (Å²) in [5, 5.41) is 10.2. The number of ether oxygens (including phenoxy) is 1. The van der Waals surface area contributed by atoms with E-state index in [-0.39, 0.29) is 18.6 Å². The highest BCUT2D eigenvalue weighted by molar-refractivity contribution is 5.78. The summed E-state index contributed by atoms with van der Waals surface area (Å²) in [5.41, 5.74) is 1.89. The van der Waals surface area contributed by atoms with Gasteiger partial charge in [-0.2, -0.15) is 0 Å². The van der Waals surface area contributed by atoms with Crippen molar-refractivity contribution in [1.29, 1.82) is 0 Å². The second-order valence-corrected chi connectivity index (χ2v) is 6.97. The summed E-state index contributed by atoms with van der Waals surface area (Å²) in [6, 6.07) is 6.02. The summed E-state index contributed by atoms with van der Waals surface area (Å²) >= 11 is 0. The van der Waals surface area contributed by atoms with Crippen LogP contribution in [-0.2, 0) is 17.6 Å². The molecule has 1 unspecified atom stereocenters. The number of nitrogens with zero attached hydrogens (tertiary/aromatic N) is 1. The normalized spacial score (nSPS) is 21.0. The van der Waals surface area contributed by atoms with Gasteiger partial charge in [-0.1, -0.05) is 6.07 Å². The molecule has 1 fully saturated rings. The Labute approximate surface area is 132 Å². The molecule has 1 saturated heterocycles. The Kier molecular flexibility index (Phi) is 4.13. The molecule has 0 spiro atoms. The topological polar surface area (TPSA) is 49.8 Å². The smallest absolute Gasteiger partial charge is 0.260 e. The number of amides is 1. The van der Waals surface area contributed by atoms with Crippen LogP contribution < -0.4 is 4.74 Å². The fourth-order valence-corrected chi connectivity index (χ4v) is 3.67. The summed E-state index contributed by atoms with van der Waals surface area (Å²) in [6.45, 7) is 4.29. The zero-order valence-corrected chi connectivity index (χ0v) is 13.5. The van der Waals surface area contributed by atoms with Crippen LogP contribution in [0.4, 0.5) is 0 Å². The number of carbonyl (C=O) groups excluding carboxylic acids is 1. The highest BCUT2D eigenvalue weighted by Gasteiger charge is 2.38. The third-order valence-electron chi connectivity index (χ3n) is 4.82. The molecular formula is C18H25NO3. The molecule has 2 aliphatic rings. The van der Waals surface area contributed by atoms with Crippen LogP contribution in [0.5, 0.6) is 5.75 Å². The zero-order chi connectivity index (χ0) is 15.7. The van der Waals surface area contributed by atoms with Crippen molar-refractivity contribution >= 4 is 5.91 Å². The minimum absolute atomic E-state index is 0.0369. The largest absolute Gasteiger partial charge is 0.484 e. The zero-order valence-electron chi connectivity index (χ0n) is 13.5. The van der Waals surface area contributed by atoms with Crippen molar-refractivity contribution in [2.75, 3.05) is 13.2 Å². The van der Waals surface area contributed by atoms with Gasteiger partial charge < -0.3 is 14.7 Å². The molecule has 120 valence electrons. The van der Waals surface area contributed by atoms with Gasteiger partial charge in [0, 0.05) is 6.54 Å². The van der Waals surface area contributed by atoms with Gasteiger partial charge in [0.15, 0.2) is 6.61 Å². The monoisotopic (exact) mass is 303 g/mol. The van der Waals surface area contributed by atoms with Gasteiger partial charge in [-0.05, 0) is 69.2 Å². The van der Waals surface area contributed by atoms with E-state index in [2.05, 4.69) is 12.1 Å². The van der Waals surface area contributed by atoms with Crippen LogP contribution in [-0.4, -0.2) is 40.7 Å². The molecule has 4 nitrogen and oxygen atoms in total. The van der Waals surface area contributed by atoms with Gasteiger partial charge in [0.1, 0.15) is 5.75 Å². The second kappa shape index (κ2) is 5.92. The SMILES string of the molecule is CC(C)(O)C1CCCN1C(=O)COc1ccc2c(c1)CCC2. The Balaban J connectivity index is 1.60. The molecular weight excluding hydrogens is 278 g/mol. The molecule has 1 aliphatic heterocycles. The maximum atomic E-state index is 12.4. The molecule has 1 aromatic carbocycles. The number of likely N-dealkylation sites (tertiary alicyclic amines) is 1. The number of hydrogen-bond acceptors (Lipinski definition) is 3. The molecule has 0 bridgehead atoms. The minimum Gasteiger partial charge on any atom is -0.484 e. The van der Waals surface area contributed by atoms with Crippen LogP contribution in [0.2, 0.25) is 0 Å². The predicted molar refractivity (Wildman–Crippen MR) is 85.0 cm³/mol. The number of aryl methyl sites for hydroxylation is 2. The summed E-state index contributed by atoms with van der Waals surface area (Å²) < 4.78 is 5.69. The molecule has 1 heterocycles. The first-order valence-electron chi connectivity index (χ1n) is 8.21. The van der Waals surface area contributed by atoms with Crippen LogP contribution in [0.3, 0.4) is 0 Å². The number of rotatable bonds is 4. The molecule has 1 aromatic rings. The number of benzene rings is 1. The van der Waals surface area contributed by atoms with Crippen molar-refractivity contribution < 1.29 is 14.6 Å². The Morgan fingerprint density at radius 1 is 1.32 bits per heavy atom. The van der Waals surface area contributed by atoms with Crippen molar-refractivity contribution in [3.05, 3.63) is 29.3 Å². The van der Waals surface area contributed by atoms with Gasteiger partial charge in [-0.25, -0.2) is 0 Å². The molecule has 3 rings (SSSR count). The number of carbonyl (C=O) groups is 1. The van der Waals surface area contributed by atoms with E-state index in [0.717, 1.165) is 31.4 Å². The van der Waals surface area contributed by atoms with Crippen LogP contribution in [0.15, 0.2) is 18.2 Å². The van der Waals surface area contributed by atoms with Gasteiger partial charge in [-0.3, -0.25) is 4.79 Å². The van der Waals surface area contributed by atoms with E-state index in [4.69, 9.17) is 4.74 Å². The first-order chi connectivity index (χ1) is 10.4. The third-order valence-corrected chi connectivity index (χ3v) is 4.82. The average molecular weight is 303 g/mol. The lowest BCUT2D eigenvalue weighted by atomic mass is 9.97. The van der Waals surface area contributed by atoms with Crippen LogP contribution in [0, 0.1) is 0 Å². The molecule has 1 atom stereocenters. The quantitative estimate of drug-likeness (QED) is 0.928. The van der Waals surface area contributed by atoms with Crippen LogP contribution >= 0.6 is 0 Å². The lowest BCUT2D eigenvalue weighted by Crippen LogP contribution is -2.49. The predicted octanol–water partition coefficient (Wildman–Crippen LogP) is 2.32. The van der Waals surface area contributed by atoms with Gasteiger partial charge in [-0.15, -0.1) is 0 Å². The number of aliphatic hydroxyl groups is 1. The van der Waals surface area contributed by atoms with Gasteiger partial charge >= 0.3 is 0 Å². The van der Waals surface area contributed by atoms with Crippen molar-refractivity contribution in [1.82, 2.24) is 4.90 Å². The van der Waals surface area contributed by atoms with Crippen molar-refractivity contribution in [3.8, 4) is 5.75 Å². The van der Waals surface area contributed by atoms with Crippen molar-refractivity contribution in [2.45, 2.75) is 57.6 Å². The standard InChI is InChI=1S/C18H25NO3/c1-18(2,21)16-7-4-10-19(16)17(20)12-22-15-9-8-13-5-3-6-14(13)11-15/h8-9,11,16,21H,3-7,10,12H2,1-2H3. The number of hydrogen-bond donors (Lipinski definition) is 1. The number of fused-ring (bicyclic) bond motifs is 1. The summed E-state index contributed by atoms with van der Waals surface area (Å²) in [7, 11) is 0. The van der Waals surface area contributed by atoms with E-state index in [1.165, 1.54) is 17.5 Å². The fourth-order valence-electron chi connectivity index (χ4n) is 3.67. The molecule has 1 amide bonds. The summed E-state index contributed by atoms with van der Waals surface area (Å²) in [6.07, 6.45) is 5.26. The van der Waals surface area contributed by atoms with Gasteiger partial charge in [0.25, 0.3) is 5.91 Å². The van der Waals surface area contributed by atoms with Gasteiger partial charge in [0.05, 0.1) is 11.6 Å². The highest BCUT2D eigenvalue weighted by atomic mass is 16.5. The molecule has 4 heteroatoms. The fraction of sp³-hybridized carbons (Fsp3) is 0.611. The maximum Gasteiger partial charge on any atom is 0.260 e. The molecule has 22 heavy (non-hydrogen) atoms. The van der Waals surface area contributed by atoms with E-state index in [0.29, 0.717) is 6.54 Å². The van der Waals surface area contributed by atoms with Crippen LogP contribution in [0.1, 0.15) is 44.2 Å². The Bertz CT molecular complexity index is 562. The molecule has 0 saturated carbocycles. The van der Waals surface area contributed by atoms with Gasteiger partial charge in [0.2, 0.25) is 0 Å². The van der Waals surface area contributed by atoms with Crippen molar-refractivity contribution in [2.24, 2.45) is 0 Å². The van der Waals surface area contributed by atoms with Crippen LogP contribution in [0.25, 0.3) is 0 Å². The highest BCUT2D eigenvalue weighted by Crippen LogP contribution is 2.28. The second-order valence-electron chi connectivity index (χ2n) is 6.97. The van der Waals surface area contributed by atoms with E-state index in [9.17, 15) is 9.90 Å². The minimum atomic E-state index is -0.861. The third kappa shape index (κ3) is 3.12. The van der Waals surface area contributed by atoms with E-state index in [1.807, 2.05) is 6.07 Å². The summed E-state index contributed by atoms with van der Waals surface area (Å²) in [4.78, 5) is 14.2. The molecule has 1 aliphatic carbocycles. The van der Waals surface area contributed by atoms with Crippen molar-refractivity contribution in [3.63, 3.8) is 0 Å². The Hall–Kier alpha value is -1.55. The van der Waals surface area contributed by atoms with E-state index in [1.54, 1.807) is 18.7 Å².